The van der Waals surface area contributed by atoms with Crippen LogP contribution in [0.5, 0.6) is 0 Å². The van der Waals surface area contributed by atoms with Crippen molar-refractivity contribution in [2.75, 3.05) is 26.2 Å². The lowest BCUT2D eigenvalue weighted by Crippen LogP contribution is -2.46. The molecule has 1 aliphatic heterocycles. The Hall–Kier alpha value is -1.62. The van der Waals surface area contributed by atoms with Gasteiger partial charge in [-0.3, -0.25) is 0 Å². The molecule has 0 amide bonds. The van der Waals surface area contributed by atoms with Crippen molar-refractivity contribution in [1.82, 2.24) is 4.90 Å². The van der Waals surface area contributed by atoms with Gasteiger partial charge >= 0.3 is 6.92 Å². The number of hydrogen-bond acceptors (Lipinski definition) is 3. The minimum Gasteiger partial charge on any atom is -0.426 e. The zero-order chi connectivity index (χ0) is 16.6. The number of aliphatic hydroxyl groups excluding tert-OH is 1. The first kappa shape index (κ1) is 17.2. The highest BCUT2D eigenvalue weighted by Crippen LogP contribution is 2.08. The molecule has 2 aromatic rings. The van der Waals surface area contributed by atoms with E-state index < -0.39 is 0 Å². The molecule has 0 spiro atoms. The van der Waals surface area contributed by atoms with Crippen LogP contribution in [0.2, 0.25) is 0 Å². The maximum absolute atomic E-state index is 9.41. The summed E-state index contributed by atoms with van der Waals surface area (Å²) in [5.41, 5.74) is 3.19. The average Bonchev–Trinajstić information content (AvgIpc) is 2.67. The molecule has 126 valence electrons. The van der Waals surface area contributed by atoms with Crippen LogP contribution >= 0.6 is 0 Å². The molecule has 1 N–H and O–H groups in total. The van der Waals surface area contributed by atoms with E-state index in [-0.39, 0.29) is 13.5 Å². The van der Waals surface area contributed by atoms with E-state index in [0.717, 1.165) is 29.6 Å². The Morgan fingerprint density at radius 1 is 0.917 bits per heavy atom. The van der Waals surface area contributed by atoms with Gasteiger partial charge in [-0.15, -0.1) is 0 Å². The number of piperidine rings is 1. The average molecular weight is 323 g/mol. The van der Waals surface area contributed by atoms with Crippen molar-refractivity contribution in [2.45, 2.75) is 25.9 Å². The Morgan fingerprint density at radius 3 is 2.42 bits per heavy atom. The fourth-order valence-electron chi connectivity index (χ4n) is 3.35. The molecule has 3 nitrogen and oxygen atoms in total. The summed E-state index contributed by atoms with van der Waals surface area (Å²) in [6.07, 6.45) is 3.97. The van der Waals surface area contributed by atoms with E-state index in [2.05, 4.69) is 23.1 Å². The second-order valence-electron chi connectivity index (χ2n) is 6.47. The molecular formula is C20H26BNO2. The molecule has 0 bridgehead atoms. The minimum atomic E-state index is -0.0810. The molecule has 3 rings (SSSR count). The Kier molecular flexibility index (Phi) is 6.47. The molecule has 0 unspecified atom stereocenters. The molecule has 1 saturated heterocycles. The maximum Gasteiger partial charge on any atom is 0.361 e. The summed E-state index contributed by atoms with van der Waals surface area (Å²) in [5.74, 6) is 0. The first-order valence-corrected chi connectivity index (χ1v) is 8.95. The molecular weight excluding hydrogens is 297 g/mol. The van der Waals surface area contributed by atoms with Crippen molar-refractivity contribution in [3.63, 3.8) is 0 Å². The van der Waals surface area contributed by atoms with Crippen molar-refractivity contribution in [3.05, 3.63) is 60.2 Å². The molecule has 0 atom stereocenters. The van der Waals surface area contributed by atoms with Gasteiger partial charge in [-0.1, -0.05) is 61.0 Å². The monoisotopic (exact) mass is 323 g/mol. The van der Waals surface area contributed by atoms with E-state index in [1.807, 2.05) is 36.4 Å². The van der Waals surface area contributed by atoms with Crippen LogP contribution in [0.1, 0.15) is 24.8 Å². The van der Waals surface area contributed by atoms with Crippen molar-refractivity contribution < 1.29 is 9.76 Å². The molecule has 1 heterocycles. The minimum absolute atomic E-state index is 0.0587. The number of likely N-dealkylation sites (tertiary alicyclic amines) is 1. The lowest BCUT2D eigenvalue weighted by molar-refractivity contribution is 0.186. The summed E-state index contributed by atoms with van der Waals surface area (Å²) in [7, 11) is 0. The molecule has 4 heteroatoms. The topological polar surface area (TPSA) is 32.7 Å². The van der Waals surface area contributed by atoms with Gasteiger partial charge in [0.1, 0.15) is 0 Å². The summed E-state index contributed by atoms with van der Waals surface area (Å²) in [4.78, 5) is 2.50. The highest BCUT2D eigenvalue weighted by molar-refractivity contribution is 6.80. The molecule has 1 fully saturated rings. The Balaban J connectivity index is 1.70. The lowest BCUT2D eigenvalue weighted by atomic mass is 9.55. The maximum atomic E-state index is 9.41. The van der Waals surface area contributed by atoms with Gasteiger partial charge in [0.25, 0.3) is 0 Å². The van der Waals surface area contributed by atoms with E-state index >= 15 is 0 Å². The second kappa shape index (κ2) is 9.02. The zero-order valence-corrected chi connectivity index (χ0v) is 14.2. The number of aliphatic hydroxyl groups is 1. The van der Waals surface area contributed by atoms with Crippen LogP contribution in [0, 0.1) is 0 Å². The third kappa shape index (κ3) is 4.70. The number of rotatable bonds is 7. The third-order valence-electron chi connectivity index (χ3n) is 4.68. The quantitative estimate of drug-likeness (QED) is 0.789. The Labute approximate surface area is 145 Å². The van der Waals surface area contributed by atoms with Gasteiger partial charge in [0.05, 0.1) is 6.61 Å². The zero-order valence-electron chi connectivity index (χ0n) is 14.2. The second-order valence-corrected chi connectivity index (χ2v) is 6.47. The standard InChI is InChI=1S/C20H26BNO2/c23-17-18-8-7-11-20(16-18)21(19-9-3-1-4-10-19)24-15-14-22-12-5-2-6-13-22/h1,3-4,7-11,16,23H,2,5-6,12-15,17H2. The largest absolute Gasteiger partial charge is 0.426 e. The van der Waals surface area contributed by atoms with Gasteiger partial charge in [0, 0.05) is 13.2 Å². The molecule has 0 radical (unpaired) electrons. The molecule has 2 aromatic carbocycles. The van der Waals surface area contributed by atoms with Crippen molar-refractivity contribution >= 4 is 17.8 Å². The SMILES string of the molecule is OCc1cccc(B(OCCN2CCCCC2)c2ccccc2)c1. The number of nitrogens with zero attached hydrogens (tertiary/aromatic N) is 1. The first-order chi connectivity index (χ1) is 11.9. The van der Waals surface area contributed by atoms with E-state index in [1.54, 1.807) is 0 Å². The number of hydrogen-bond donors (Lipinski definition) is 1. The highest BCUT2D eigenvalue weighted by atomic mass is 16.4. The summed E-state index contributed by atoms with van der Waals surface area (Å²) in [6, 6.07) is 18.4. The predicted molar refractivity (Wildman–Crippen MR) is 100 cm³/mol. The summed E-state index contributed by atoms with van der Waals surface area (Å²) >= 11 is 0. The van der Waals surface area contributed by atoms with Crippen LogP contribution in [0.4, 0.5) is 0 Å². The van der Waals surface area contributed by atoms with Crippen molar-refractivity contribution in [3.8, 4) is 0 Å². The fraction of sp³-hybridized carbons (Fsp3) is 0.400. The van der Waals surface area contributed by atoms with E-state index in [9.17, 15) is 5.11 Å². The predicted octanol–water partition coefficient (Wildman–Crippen LogP) is 1.79. The summed E-state index contributed by atoms with van der Waals surface area (Å²) < 4.78 is 6.29. The molecule has 0 aliphatic carbocycles. The van der Waals surface area contributed by atoms with E-state index in [4.69, 9.17) is 4.65 Å². The summed E-state index contributed by atoms with van der Waals surface area (Å²) in [6.45, 7) is 4.08. The Bertz CT molecular complexity index is 614. The van der Waals surface area contributed by atoms with E-state index in [1.165, 1.54) is 32.4 Å². The molecule has 0 aromatic heterocycles. The Morgan fingerprint density at radius 2 is 1.67 bits per heavy atom. The number of benzene rings is 2. The normalized spacial score (nSPS) is 15.4. The van der Waals surface area contributed by atoms with E-state index in [0.29, 0.717) is 0 Å². The van der Waals surface area contributed by atoms with Crippen LogP contribution in [0.3, 0.4) is 0 Å². The molecule has 24 heavy (non-hydrogen) atoms. The van der Waals surface area contributed by atoms with Crippen LogP contribution in [-0.2, 0) is 11.3 Å². The van der Waals surface area contributed by atoms with Crippen LogP contribution in [0.25, 0.3) is 0 Å². The van der Waals surface area contributed by atoms with Crippen LogP contribution in [-0.4, -0.2) is 43.2 Å². The van der Waals surface area contributed by atoms with Gasteiger partial charge in [-0.25, -0.2) is 0 Å². The van der Waals surface area contributed by atoms with Crippen LogP contribution < -0.4 is 10.9 Å². The first-order valence-electron chi connectivity index (χ1n) is 8.95. The van der Waals surface area contributed by atoms with Gasteiger partial charge in [-0.05, 0) is 42.4 Å². The molecule has 0 saturated carbocycles. The lowest BCUT2D eigenvalue weighted by Gasteiger charge is -2.27. The van der Waals surface area contributed by atoms with Gasteiger partial charge in [0.15, 0.2) is 0 Å². The summed E-state index contributed by atoms with van der Waals surface area (Å²) in [5, 5.41) is 9.41. The van der Waals surface area contributed by atoms with Crippen molar-refractivity contribution in [2.24, 2.45) is 0 Å². The smallest absolute Gasteiger partial charge is 0.361 e. The van der Waals surface area contributed by atoms with Crippen molar-refractivity contribution in [1.29, 1.82) is 0 Å². The van der Waals surface area contributed by atoms with Gasteiger partial charge < -0.3 is 14.7 Å². The fourth-order valence-corrected chi connectivity index (χ4v) is 3.35. The van der Waals surface area contributed by atoms with Gasteiger partial charge in [-0.2, -0.15) is 0 Å². The van der Waals surface area contributed by atoms with Gasteiger partial charge in [0.2, 0.25) is 0 Å². The third-order valence-corrected chi connectivity index (χ3v) is 4.68. The highest BCUT2D eigenvalue weighted by Gasteiger charge is 2.22. The molecule has 1 aliphatic rings. The van der Waals surface area contributed by atoms with Crippen LogP contribution in [0.15, 0.2) is 54.6 Å².